The molecule has 0 fully saturated rings. The summed E-state index contributed by atoms with van der Waals surface area (Å²) in [4.78, 5) is 11.5. The first-order chi connectivity index (χ1) is 10.7. The molecule has 0 aromatic carbocycles. The largest absolute Gasteiger partial charge is 0.352 e. The molecule has 0 unspecified atom stereocenters. The van der Waals surface area contributed by atoms with Crippen molar-refractivity contribution >= 4 is 16.0 Å². The first-order valence-corrected chi connectivity index (χ1v) is 10.0. The molecular formula is C16H33N2O4S+. The van der Waals surface area contributed by atoms with Crippen LogP contribution in [0.25, 0.3) is 0 Å². The van der Waals surface area contributed by atoms with Gasteiger partial charge in [-0.25, -0.2) is 0 Å². The third-order valence-electron chi connectivity index (χ3n) is 3.91. The molecule has 0 aromatic rings. The molecule has 0 aliphatic rings. The summed E-state index contributed by atoms with van der Waals surface area (Å²) in [5.41, 5.74) is 0.501. The molecule has 136 valence electrons. The SMILES string of the molecule is C=C(C)C(=O)NCCC[N+](CCC)(CCC)CCCS(=O)(=O)O. The van der Waals surface area contributed by atoms with Gasteiger partial charge in [0.25, 0.3) is 10.1 Å². The van der Waals surface area contributed by atoms with Crippen LogP contribution in [0, 0.1) is 0 Å². The molecule has 0 saturated carbocycles. The Hall–Kier alpha value is -0.920. The maximum atomic E-state index is 11.5. The minimum absolute atomic E-state index is 0.125. The first-order valence-electron chi connectivity index (χ1n) is 8.39. The van der Waals surface area contributed by atoms with Crippen LogP contribution in [0.3, 0.4) is 0 Å². The van der Waals surface area contributed by atoms with Gasteiger partial charge in [0.05, 0.1) is 31.9 Å². The number of nitrogens with one attached hydrogen (secondary N) is 1. The predicted molar refractivity (Wildman–Crippen MR) is 93.8 cm³/mol. The van der Waals surface area contributed by atoms with Gasteiger partial charge in [-0.3, -0.25) is 9.35 Å². The molecule has 0 aliphatic heterocycles. The predicted octanol–water partition coefficient (Wildman–Crippen LogP) is 1.98. The normalized spacial score (nSPS) is 12.2. The van der Waals surface area contributed by atoms with Crippen molar-refractivity contribution < 1.29 is 22.2 Å². The van der Waals surface area contributed by atoms with Crippen molar-refractivity contribution in [1.82, 2.24) is 5.32 Å². The van der Waals surface area contributed by atoms with Crippen molar-refractivity contribution in [2.75, 3.05) is 38.5 Å². The summed E-state index contributed by atoms with van der Waals surface area (Å²) in [5.74, 6) is -0.312. The van der Waals surface area contributed by atoms with Gasteiger partial charge in [-0.1, -0.05) is 20.4 Å². The van der Waals surface area contributed by atoms with Crippen molar-refractivity contribution in [1.29, 1.82) is 0 Å². The summed E-state index contributed by atoms with van der Waals surface area (Å²) in [6.07, 6.45) is 3.33. The monoisotopic (exact) mass is 349 g/mol. The average Bonchev–Trinajstić information content (AvgIpc) is 2.42. The van der Waals surface area contributed by atoms with Crippen LogP contribution >= 0.6 is 0 Å². The molecule has 6 nitrogen and oxygen atoms in total. The molecule has 0 aromatic heterocycles. The van der Waals surface area contributed by atoms with E-state index in [4.69, 9.17) is 4.55 Å². The van der Waals surface area contributed by atoms with Gasteiger partial charge in [0, 0.05) is 25.0 Å². The standard InChI is InChI=1S/C16H32N2O4S/c1-5-10-18(11-6-2,13-8-14-23(20,21)22)12-7-9-17-16(19)15(3)4/h3,5-14H2,1-2,4H3,(H-,17,19,20,21,22)/p+1. The van der Waals surface area contributed by atoms with Gasteiger partial charge in [-0.2, -0.15) is 8.42 Å². The summed E-state index contributed by atoms with van der Waals surface area (Å²) in [6, 6.07) is 0. The Morgan fingerprint density at radius 1 is 1.09 bits per heavy atom. The highest BCUT2D eigenvalue weighted by molar-refractivity contribution is 7.85. The molecular weight excluding hydrogens is 316 g/mol. The molecule has 0 bridgehead atoms. The van der Waals surface area contributed by atoms with Crippen molar-refractivity contribution in [2.45, 2.75) is 46.5 Å². The Morgan fingerprint density at radius 2 is 1.61 bits per heavy atom. The van der Waals surface area contributed by atoms with Crippen LogP contribution < -0.4 is 5.32 Å². The summed E-state index contributed by atoms with van der Waals surface area (Å²) in [6.45, 7) is 13.7. The second kappa shape index (κ2) is 10.8. The van der Waals surface area contributed by atoms with Crippen molar-refractivity contribution in [3.05, 3.63) is 12.2 Å². The quantitative estimate of drug-likeness (QED) is 0.230. The van der Waals surface area contributed by atoms with E-state index in [0.29, 0.717) is 18.5 Å². The van der Waals surface area contributed by atoms with Gasteiger partial charge in [-0.15, -0.1) is 0 Å². The molecule has 0 rings (SSSR count). The Labute approximate surface area is 141 Å². The fourth-order valence-corrected chi connectivity index (χ4v) is 3.46. The highest BCUT2D eigenvalue weighted by Gasteiger charge is 2.25. The van der Waals surface area contributed by atoms with E-state index >= 15 is 0 Å². The van der Waals surface area contributed by atoms with Crippen molar-refractivity contribution in [3.63, 3.8) is 0 Å². The van der Waals surface area contributed by atoms with E-state index in [2.05, 4.69) is 25.7 Å². The Kier molecular flexibility index (Phi) is 10.3. The molecule has 1 amide bonds. The summed E-state index contributed by atoms with van der Waals surface area (Å²) >= 11 is 0. The smallest absolute Gasteiger partial charge is 0.265 e. The number of hydrogen-bond acceptors (Lipinski definition) is 3. The third-order valence-corrected chi connectivity index (χ3v) is 4.72. The van der Waals surface area contributed by atoms with Crippen LogP contribution in [0.1, 0.15) is 46.5 Å². The highest BCUT2D eigenvalue weighted by Crippen LogP contribution is 2.13. The number of hydrogen-bond donors (Lipinski definition) is 2. The van der Waals surface area contributed by atoms with Gasteiger partial charge >= 0.3 is 0 Å². The van der Waals surface area contributed by atoms with E-state index in [-0.39, 0.29) is 11.7 Å². The van der Waals surface area contributed by atoms with E-state index in [1.807, 2.05) is 0 Å². The zero-order valence-corrected chi connectivity index (χ0v) is 15.6. The number of amides is 1. The van der Waals surface area contributed by atoms with E-state index < -0.39 is 10.1 Å². The third kappa shape index (κ3) is 10.5. The van der Waals surface area contributed by atoms with Gasteiger partial charge in [0.1, 0.15) is 0 Å². The minimum Gasteiger partial charge on any atom is -0.352 e. The molecule has 23 heavy (non-hydrogen) atoms. The zero-order valence-electron chi connectivity index (χ0n) is 14.8. The highest BCUT2D eigenvalue weighted by atomic mass is 32.2. The number of quaternary nitrogens is 1. The zero-order chi connectivity index (χ0) is 17.9. The fraction of sp³-hybridized carbons (Fsp3) is 0.812. The lowest BCUT2D eigenvalue weighted by molar-refractivity contribution is -0.928. The lowest BCUT2D eigenvalue weighted by atomic mass is 10.2. The number of nitrogens with zero attached hydrogens (tertiary/aromatic N) is 1. The number of carbonyl (C=O) groups excluding carboxylic acids is 1. The lowest BCUT2D eigenvalue weighted by Gasteiger charge is -2.39. The van der Waals surface area contributed by atoms with E-state index in [1.165, 1.54) is 0 Å². The minimum atomic E-state index is -3.90. The number of carbonyl (C=O) groups is 1. The Bertz CT molecular complexity index is 468. The van der Waals surface area contributed by atoms with Gasteiger partial charge < -0.3 is 9.80 Å². The van der Waals surface area contributed by atoms with E-state index in [1.54, 1.807) is 6.92 Å². The lowest BCUT2D eigenvalue weighted by Crippen LogP contribution is -2.51. The van der Waals surface area contributed by atoms with Crippen LogP contribution in [0.5, 0.6) is 0 Å². The van der Waals surface area contributed by atoms with Gasteiger partial charge in [-0.05, 0) is 19.8 Å². The van der Waals surface area contributed by atoms with Crippen LogP contribution in [0.4, 0.5) is 0 Å². The van der Waals surface area contributed by atoms with Crippen LogP contribution in [-0.4, -0.2) is 61.8 Å². The van der Waals surface area contributed by atoms with Crippen molar-refractivity contribution in [3.8, 4) is 0 Å². The van der Waals surface area contributed by atoms with Crippen LogP contribution in [0.15, 0.2) is 12.2 Å². The first kappa shape index (κ1) is 22.1. The molecule has 0 heterocycles. The van der Waals surface area contributed by atoms with Gasteiger partial charge in [0.2, 0.25) is 5.91 Å². The summed E-state index contributed by atoms with van der Waals surface area (Å²) in [5, 5.41) is 2.83. The molecule has 0 aliphatic carbocycles. The molecule has 0 radical (unpaired) electrons. The van der Waals surface area contributed by atoms with E-state index in [9.17, 15) is 13.2 Å². The maximum Gasteiger partial charge on any atom is 0.265 e. The number of rotatable bonds is 13. The molecule has 7 heteroatoms. The van der Waals surface area contributed by atoms with Crippen LogP contribution in [-0.2, 0) is 14.9 Å². The molecule has 0 atom stereocenters. The van der Waals surface area contributed by atoms with Crippen molar-refractivity contribution in [2.24, 2.45) is 0 Å². The second-order valence-corrected chi connectivity index (χ2v) is 7.84. The van der Waals surface area contributed by atoms with Gasteiger partial charge in [0.15, 0.2) is 0 Å². The molecule has 2 N–H and O–H groups in total. The Morgan fingerprint density at radius 3 is 2.04 bits per heavy atom. The second-order valence-electron chi connectivity index (χ2n) is 6.27. The average molecular weight is 350 g/mol. The maximum absolute atomic E-state index is 11.5. The fourth-order valence-electron chi connectivity index (χ4n) is 2.97. The summed E-state index contributed by atoms with van der Waals surface area (Å²) in [7, 11) is -3.90. The topological polar surface area (TPSA) is 83.5 Å². The Balaban J connectivity index is 4.57. The van der Waals surface area contributed by atoms with Crippen LogP contribution in [0.2, 0.25) is 0 Å². The van der Waals surface area contributed by atoms with E-state index in [0.717, 1.165) is 49.9 Å². The molecule has 0 spiro atoms. The summed E-state index contributed by atoms with van der Waals surface area (Å²) < 4.78 is 31.6. The molecule has 0 saturated heterocycles.